The zero-order chi connectivity index (χ0) is 18.7. The average Bonchev–Trinajstić information content (AvgIpc) is 3.00. The summed E-state index contributed by atoms with van der Waals surface area (Å²) in [5, 5.41) is 21.5. The minimum atomic E-state index is -0.604. The minimum absolute atomic E-state index is 0.122. The van der Waals surface area contributed by atoms with Crippen LogP contribution in [0.2, 0.25) is 0 Å². The predicted octanol–water partition coefficient (Wildman–Crippen LogP) is 0.957. The number of carbonyl (C=O) groups excluding carboxylic acids is 2. The van der Waals surface area contributed by atoms with Gasteiger partial charge in [0.05, 0.1) is 17.7 Å². The van der Waals surface area contributed by atoms with E-state index in [2.05, 4.69) is 15.5 Å². The Morgan fingerprint density at radius 3 is 2.64 bits per heavy atom. The van der Waals surface area contributed by atoms with Crippen LogP contribution in [0.5, 0.6) is 0 Å². The smallest absolute Gasteiger partial charge is 0.343 e. The van der Waals surface area contributed by atoms with Gasteiger partial charge in [-0.2, -0.15) is 10.2 Å². The van der Waals surface area contributed by atoms with Crippen molar-refractivity contribution in [2.45, 2.75) is 27.3 Å². The Balaban J connectivity index is 2.19. The molecular formula is C14H18N6O5. The van der Waals surface area contributed by atoms with Crippen molar-refractivity contribution in [3.05, 3.63) is 33.3 Å². The second-order valence-corrected chi connectivity index (χ2v) is 5.23. The molecule has 0 atom stereocenters. The minimum Gasteiger partial charge on any atom is -0.462 e. The van der Waals surface area contributed by atoms with E-state index in [0.717, 1.165) is 0 Å². The largest absolute Gasteiger partial charge is 0.462 e. The number of nitrogens with one attached hydrogen (secondary N) is 1. The topological polar surface area (TPSA) is 134 Å². The van der Waals surface area contributed by atoms with E-state index in [9.17, 15) is 19.7 Å². The molecule has 0 radical (unpaired) electrons. The average molecular weight is 350 g/mol. The van der Waals surface area contributed by atoms with E-state index >= 15 is 0 Å². The van der Waals surface area contributed by atoms with E-state index in [1.54, 1.807) is 14.0 Å². The lowest BCUT2D eigenvalue weighted by atomic mass is 10.3. The number of anilines is 1. The molecule has 0 aliphatic heterocycles. The summed E-state index contributed by atoms with van der Waals surface area (Å²) in [5.41, 5.74) is 0.494. The number of aryl methyl sites for hydroxylation is 2. The summed E-state index contributed by atoms with van der Waals surface area (Å²) >= 11 is 0. The standard InChI is InChI=1S/C14H18N6O5/c1-5-25-14(22)10-6-15-18(4)13(10)16-11(21)7-19-9(3)12(20(23)24)8(2)17-19/h6H,5,7H2,1-4H3,(H,16,21). The molecule has 2 aromatic rings. The summed E-state index contributed by atoms with van der Waals surface area (Å²) < 4.78 is 7.48. The highest BCUT2D eigenvalue weighted by atomic mass is 16.6. The number of amides is 1. The number of hydrogen-bond donors (Lipinski definition) is 1. The van der Waals surface area contributed by atoms with Crippen molar-refractivity contribution in [1.29, 1.82) is 0 Å². The Morgan fingerprint density at radius 2 is 2.08 bits per heavy atom. The van der Waals surface area contributed by atoms with Crippen molar-refractivity contribution in [3.8, 4) is 0 Å². The number of rotatable bonds is 6. The van der Waals surface area contributed by atoms with Gasteiger partial charge in [0, 0.05) is 7.05 Å². The molecule has 0 aliphatic rings. The van der Waals surface area contributed by atoms with Gasteiger partial charge >= 0.3 is 11.7 Å². The van der Waals surface area contributed by atoms with Crippen molar-refractivity contribution in [2.75, 3.05) is 11.9 Å². The van der Waals surface area contributed by atoms with E-state index < -0.39 is 16.8 Å². The fourth-order valence-corrected chi connectivity index (χ4v) is 2.36. The first kappa shape index (κ1) is 18.1. The van der Waals surface area contributed by atoms with Crippen LogP contribution in [0.1, 0.15) is 28.7 Å². The third-order valence-electron chi connectivity index (χ3n) is 3.51. The molecule has 2 aromatic heterocycles. The van der Waals surface area contributed by atoms with Crippen molar-refractivity contribution in [1.82, 2.24) is 19.6 Å². The molecule has 25 heavy (non-hydrogen) atoms. The molecule has 0 spiro atoms. The van der Waals surface area contributed by atoms with Crippen molar-refractivity contribution in [2.24, 2.45) is 7.05 Å². The SMILES string of the molecule is CCOC(=O)c1cnn(C)c1NC(=O)Cn1nc(C)c([N+](=O)[O-])c1C. The van der Waals surface area contributed by atoms with Gasteiger partial charge in [-0.3, -0.25) is 24.3 Å². The molecule has 0 aliphatic carbocycles. The van der Waals surface area contributed by atoms with E-state index in [-0.39, 0.29) is 41.6 Å². The molecule has 0 bridgehead atoms. The van der Waals surface area contributed by atoms with Gasteiger partial charge in [-0.15, -0.1) is 0 Å². The van der Waals surface area contributed by atoms with Gasteiger partial charge in [0.15, 0.2) is 0 Å². The van der Waals surface area contributed by atoms with Crippen LogP contribution in [-0.2, 0) is 23.1 Å². The predicted molar refractivity (Wildman–Crippen MR) is 86.1 cm³/mol. The summed E-state index contributed by atoms with van der Waals surface area (Å²) in [6.45, 7) is 4.63. The molecule has 0 aromatic carbocycles. The number of hydrogen-bond acceptors (Lipinski definition) is 7. The maximum absolute atomic E-state index is 12.3. The lowest BCUT2D eigenvalue weighted by Crippen LogP contribution is -2.23. The van der Waals surface area contributed by atoms with Crippen LogP contribution in [-0.4, -0.2) is 43.0 Å². The zero-order valence-corrected chi connectivity index (χ0v) is 14.3. The van der Waals surface area contributed by atoms with Gasteiger partial charge in [-0.1, -0.05) is 0 Å². The van der Waals surface area contributed by atoms with Crippen molar-refractivity contribution < 1.29 is 19.2 Å². The number of nitro groups is 1. The van der Waals surface area contributed by atoms with Gasteiger partial charge in [0.1, 0.15) is 29.3 Å². The molecule has 11 heteroatoms. The summed E-state index contributed by atoms with van der Waals surface area (Å²) in [6.07, 6.45) is 1.29. The fraction of sp³-hybridized carbons (Fsp3) is 0.429. The first-order valence-electron chi connectivity index (χ1n) is 7.43. The maximum atomic E-state index is 12.3. The second kappa shape index (κ2) is 7.11. The molecule has 0 saturated heterocycles. The molecule has 0 saturated carbocycles. The van der Waals surface area contributed by atoms with Gasteiger partial charge < -0.3 is 10.1 Å². The third-order valence-corrected chi connectivity index (χ3v) is 3.51. The molecule has 1 N–H and O–H groups in total. The van der Waals surface area contributed by atoms with Crippen LogP contribution in [0.3, 0.4) is 0 Å². The molecule has 1 amide bonds. The van der Waals surface area contributed by atoms with Crippen LogP contribution in [0.15, 0.2) is 6.20 Å². The van der Waals surface area contributed by atoms with Gasteiger partial charge in [-0.05, 0) is 20.8 Å². The van der Waals surface area contributed by atoms with E-state index in [0.29, 0.717) is 0 Å². The highest BCUT2D eigenvalue weighted by Crippen LogP contribution is 2.22. The lowest BCUT2D eigenvalue weighted by Gasteiger charge is -2.09. The fourth-order valence-electron chi connectivity index (χ4n) is 2.36. The molecule has 0 unspecified atom stereocenters. The Labute approximate surface area is 142 Å². The number of ether oxygens (including phenoxy) is 1. The maximum Gasteiger partial charge on any atom is 0.343 e. The van der Waals surface area contributed by atoms with E-state index in [4.69, 9.17) is 4.74 Å². The Hall–Kier alpha value is -3.24. The number of aromatic nitrogens is 4. The monoisotopic (exact) mass is 350 g/mol. The summed E-state index contributed by atoms with van der Waals surface area (Å²) in [7, 11) is 1.56. The van der Waals surface area contributed by atoms with Crippen LogP contribution in [0.25, 0.3) is 0 Å². The molecule has 134 valence electrons. The number of carbonyl (C=O) groups is 2. The number of esters is 1. The van der Waals surface area contributed by atoms with Crippen LogP contribution in [0.4, 0.5) is 11.5 Å². The summed E-state index contributed by atoms with van der Waals surface area (Å²) in [6, 6.07) is 0. The first-order valence-corrected chi connectivity index (χ1v) is 7.43. The van der Waals surface area contributed by atoms with Crippen LogP contribution >= 0.6 is 0 Å². The zero-order valence-electron chi connectivity index (χ0n) is 14.3. The highest BCUT2D eigenvalue weighted by molar-refractivity contribution is 6.00. The second-order valence-electron chi connectivity index (χ2n) is 5.23. The Kier molecular flexibility index (Phi) is 5.15. The van der Waals surface area contributed by atoms with E-state index in [1.165, 1.54) is 29.4 Å². The van der Waals surface area contributed by atoms with Crippen LogP contribution < -0.4 is 5.32 Å². The van der Waals surface area contributed by atoms with Crippen molar-refractivity contribution >= 4 is 23.4 Å². The highest BCUT2D eigenvalue weighted by Gasteiger charge is 2.24. The van der Waals surface area contributed by atoms with Gasteiger partial charge in [0.2, 0.25) is 5.91 Å². The molecule has 2 heterocycles. The third kappa shape index (κ3) is 3.65. The van der Waals surface area contributed by atoms with Gasteiger partial charge in [0.25, 0.3) is 0 Å². The summed E-state index contributed by atoms with van der Waals surface area (Å²) in [5.74, 6) is -0.929. The van der Waals surface area contributed by atoms with E-state index in [1.807, 2.05) is 0 Å². The quantitative estimate of drug-likeness (QED) is 0.466. The van der Waals surface area contributed by atoms with Crippen molar-refractivity contribution in [3.63, 3.8) is 0 Å². The Morgan fingerprint density at radius 1 is 1.40 bits per heavy atom. The summed E-state index contributed by atoms with van der Waals surface area (Å²) in [4.78, 5) is 34.6. The molecule has 2 rings (SSSR count). The Bertz CT molecular complexity index is 837. The first-order chi connectivity index (χ1) is 11.8. The van der Waals surface area contributed by atoms with Gasteiger partial charge in [-0.25, -0.2) is 4.79 Å². The van der Waals surface area contributed by atoms with Crippen LogP contribution in [0, 0.1) is 24.0 Å². The molecular weight excluding hydrogens is 332 g/mol. The molecule has 11 nitrogen and oxygen atoms in total. The molecule has 0 fully saturated rings. The number of nitrogens with zero attached hydrogens (tertiary/aromatic N) is 5. The normalized spacial score (nSPS) is 10.6. The lowest BCUT2D eigenvalue weighted by molar-refractivity contribution is -0.386.